The fraction of sp³-hybridized carbons (Fsp3) is 0.562. The highest BCUT2D eigenvalue weighted by Crippen LogP contribution is 2.27. The van der Waals surface area contributed by atoms with Crippen molar-refractivity contribution in [3.8, 4) is 0 Å². The first-order valence-corrected chi connectivity index (χ1v) is 7.59. The maximum atomic E-state index is 6.08. The Kier molecular flexibility index (Phi) is 7.27. The fourth-order valence-corrected chi connectivity index (χ4v) is 2.29. The smallest absolute Gasteiger partial charge is 0.191 e. The Morgan fingerprint density at radius 2 is 2.05 bits per heavy atom. The minimum Gasteiger partial charge on any atom is -0.356 e. The monoisotopic (exact) mass is 421 g/mol. The number of nitrogens with one attached hydrogen (secondary N) is 2. The third-order valence-corrected chi connectivity index (χ3v) is 4.02. The fourth-order valence-electron chi connectivity index (χ4n) is 2.10. The highest BCUT2D eigenvalue weighted by molar-refractivity contribution is 14.0. The predicted octanol–water partition coefficient (Wildman–Crippen LogP) is 3.81. The van der Waals surface area contributed by atoms with E-state index < -0.39 is 0 Å². The first-order chi connectivity index (χ1) is 9.51. The Hall–Kier alpha value is -0.490. The summed E-state index contributed by atoms with van der Waals surface area (Å²) in [5.41, 5.74) is 1.23. The second-order valence-electron chi connectivity index (χ2n) is 6.14. The van der Waals surface area contributed by atoms with Crippen LogP contribution >= 0.6 is 35.6 Å². The minimum atomic E-state index is 0. The lowest BCUT2D eigenvalue weighted by atomic mass is 9.84. The summed E-state index contributed by atoms with van der Waals surface area (Å²) < 4.78 is 0. The van der Waals surface area contributed by atoms with E-state index in [0.29, 0.717) is 0 Å². The Labute approximate surface area is 150 Å². The van der Waals surface area contributed by atoms with Crippen LogP contribution in [-0.4, -0.2) is 26.1 Å². The van der Waals surface area contributed by atoms with Gasteiger partial charge < -0.3 is 10.6 Å². The van der Waals surface area contributed by atoms with Crippen molar-refractivity contribution in [2.24, 2.45) is 10.9 Å². The molecular formula is C16H25ClIN3. The van der Waals surface area contributed by atoms with Crippen molar-refractivity contribution in [3.05, 3.63) is 34.9 Å². The van der Waals surface area contributed by atoms with Crippen molar-refractivity contribution in [2.45, 2.75) is 32.1 Å². The molecule has 0 atom stereocenters. The van der Waals surface area contributed by atoms with Gasteiger partial charge in [0.25, 0.3) is 0 Å². The van der Waals surface area contributed by atoms with E-state index in [0.717, 1.165) is 30.0 Å². The van der Waals surface area contributed by atoms with Gasteiger partial charge in [0.15, 0.2) is 5.96 Å². The molecule has 0 radical (unpaired) electrons. The third kappa shape index (κ3) is 6.02. The molecule has 0 unspecified atom stereocenters. The van der Waals surface area contributed by atoms with Gasteiger partial charge in [0, 0.05) is 30.6 Å². The summed E-state index contributed by atoms with van der Waals surface area (Å²) >= 11 is 6.08. The summed E-state index contributed by atoms with van der Waals surface area (Å²) in [6, 6.07) is 8.06. The Bertz CT molecular complexity index is 484. The van der Waals surface area contributed by atoms with Crippen molar-refractivity contribution >= 4 is 41.5 Å². The molecule has 1 fully saturated rings. The lowest BCUT2D eigenvalue weighted by molar-refractivity contribution is 0.508. The summed E-state index contributed by atoms with van der Waals surface area (Å²) in [5.74, 6) is 1.72. The second-order valence-corrected chi connectivity index (χ2v) is 6.58. The Morgan fingerprint density at radius 3 is 2.62 bits per heavy atom. The van der Waals surface area contributed by atoms with Crippen LogP contribution in [-0.2, 0) is 5.41 Å². The van der Waals surface area contributed by atoms with Crippen molar-refractivity contribution < 1.29 is 0 Å². The molecule has 1 aliphatic carbocycles. The van der Waals surface area contributed by atoms with E-state index >= 15 is 0 Å². The third-order valence-electron chi connectivity index (χ3n) is 3.78. The van der Waals surface area contributed by atoms with Crippen LogP contribution in [0.5, 0.6) is 0 Å². The van der Waals surface area contributed by atoms with E-state index in [4.69, 9.17) is 11.6 Å². The SMILES string of the molecule is CN=C(NCC1CC1)NCC(C)(C)c1cccc(Cl)c1.I. The molecule has 118 valence electrons. The number of guanidine groups is 1. The number of halogens is 2. The second kappa shape index (κ2) is 8.22. The molecule has 3 nitrogen and oxygen atoms in total. The zero-order valence-corrected chi connectivity index (χ0v) is 16.0. The number of aliphatic imine (C=N–C) groups is 1. The molecule has 0 bridgehead atoms. The molecule has 0 spiro atoms. The molecule has 5 heteroatoms. The highest BCUT2D eigenvalue weighted by atomic mass is 127. The van der Waals surface area contributed by atoms with Gasteiger partial charge in [-0.1, -0.05) is 37.6 Å². The Morgan fingerprint density at radius 1 is 1.33 bits per heavy atom. The average Bonchev–Trinajstić information content (AvgIpc) is 3.23. The number of nitrogens with zero attached hydrogens (tertiary/aromatic N) is 1. The van der Waals surface area contributed by atoms with E-state index in [9.17, 15) is 0 Å². The van der Waals surface area contributed by atoms with Crippen LogP contribution in [0.4, 0.5) is 0 Å². The molecule has 0 saturated heterocycles. The summed E-state index contributed by atoms with van der Waals surface area (Å²) in [4.78, 5) is 4.27. The standard InChI is InChI=1S/C16H24ClN3.HI/c1-16(2,13-5-4-6-14(17)9-13)11-20-15(18-3)19-10-12-7-8-12;/h4-6,9,12H,7-8,10-11H2,1-3H3,(H2,18,19,20);1H. The number of hydrogen-bond acceptors (Lipinski definition) is 1. The molecule has 1 aliphatic rings. The maximum absolute atomic E-state index is 6.08. The van der Waals surface area contributed by atoms with Crippen molar-refractivity contribution in [1.82, 2.24) is 10.6 Å². The van der Waals surface area contributed by atoms with Crippen LogP contribution in [0.3, 0.4) is 0 Å². The van der Waals surface area contributed by atoms with E-state index in [2.05, 4.69) is 35.5 Å². The van der Waals surface area contributed by atoms with Crippen LogP contribution in [0.1, 0.15) is 32.3 Å². The van der Waals surface area contributed by atoms with E-state index in [1.165, 1.54) is 18.4 Å². The van der Waals surface area contributed by atoms with Crippen LogP contribution in [0, 0.1) is 5.92 Å². The summed E-state index contributed by atoms with van der Waals surface area (Å²) in [5, 5.41) is 7.57. The minimum absolute atomic E-state index is 0. The molecule has 1 aromatic rings. The van der Waals surface area contributed by atoms with Crippen molar-refractivity contribution in [3.63, 3.8) is 0 Å². The molecule has 0 amide bonds. The van der Waals surface area contributed by atoms with Gasteiger partial charge in [-0.2, -0.15) is 0 Å². The first kappa shape index (κ1) is 18.6. The van der Waals surface area contributed by atoms with Gasteiger partial charge in [-0.15, -0.1) is 24.0 Å². The molecule has 2 rings (SSSR count). The van der Waals surface area contributed by atoms with E-state index in [1.54, 1.807) is 0 Å². The maximum Gasteiger partial charge on any atom is 0.191 e. The molecular weight excluding hydrogens is 397 g/mol. The number of benzene rings is 1. The average molecular weight is 422 g/mol. The van der Waals surface area contributed by atoms with Gasteiger partial charge in [0.2, 0.25) is 0 Å². The summed E-state index contributed by atoms with van der Waals surface area (Å²) in [6.45, 7) is 6.26. The van der Waals surface area contributed by atoms with Gasteiger partial charge in [-0.05, 0) is 36.5 Å². The molecule has 21 heavy (non-hydrogen) atoms. The normalized spacial score (nSPS) is 15.3. The van der Waals surface area contributed by atoms with Gasteiger partial charge in [0.05, 0.1) is 0 Å². The topological polar surface area (TPSA) is 36.4 Å². The van der Waals surface area contributed by atoms with Gasteiger partial charge >= 0.3 is 0 Å². The lowest BCUT2D eigenvalue weighted by Crippen LogP contribution is -2.44. The van der Waals surface area contributed by atoms with Gasteiger partial charge in [-0.25, -0.2) is 0 Å². The summed E-state index contributed by atoms with van der Waals surface area (Å²) in [6.07, 6.45) is 2.69. The van der Waals surface area contributed by atoms with Gasteiger partial charge in [-0.3, -0.25) is 4.99 Å². The predicted molar refractivity (Wildman–Crippen MR) is 102 cm³/mol. The molecule has 0 aliphatic heterocycles. The largest absolute Gasteiger partial charge is 0.356 e. The molecule has 0 aromatic heterocycles. The van der Waals surface area contributed by atoms with Gasteiger partial charge in [0.1, 0.15) is 0 Å². The first-order valence-electron chi connectivity index (χ1n) is 7.22. The van der Waals surface area contributed by atoms with Crippen LogP contribution in [0.2, 0.25) is 5.02 Å². The number of rotatable bonds is 5. The molecule has 0 heterocycles. The van der Waals surface area contributed by atoms with E-state index in [1.807, 2.05) is 25.2 Å². The zero-order valence-electron chi connectivity index (χ0n) is 12.9. The molecule has 1 aromatic carbocycles. The van der Waals surface area contributed by atoms with Crippen LogP contribution in [0.15, 0.2) is 29.3 Å². The highest BCUT2D eigenvalue weighted by Gasteiger charge is 2.23. The lowest BCUT2D eigenvalue weighted by Gasteiger charge is -2.27. The summed E-state index contributed by atoms with van der Waals surface area (Å²) in [7, 11) is 1.81. The zero-order chi connectivity index (χ0) is 14.6. The van der Waals surface area contributed by atoms with Crippen LogP contribution in [0.25, 0.3) is 0 Å². The van der Waals surface area contributed by atoms with E-state index in [-0.39, 0.29) is 29.4 Å². The van der Waals surface area contributed by atoms with Crippen molar-refractivity contribution in [1.29, 1.82) is 0 Å². The molecule has 1 saturated carbocycles. The molecule has 2 N–H and O–H groups in total. The van der Waals surface area contributed by atoms with Crippen LogP contribution < -0.4 is 10.6 Å². The quantitative estimate of drug-likeness (QED) is 0.431. The Balaban J connectivity index is 0.00000220. The van der Waals surface area contributed by atoms with Crippen molar-refractivity contribution in [2.75, 3.05) is 20.1 Å². The number of hydrogen-bond donors (Lipinski definition) is 2.